The minimum Gasteiger partial charge on any atom is -0.377 e. The van der Waals surface area contributed by atoms with Gasteiger partial charge < -0.3 is 15.4 Å². The summed E-state index contributed by atoms with van der Waals surface area (Å²) in [6, 6.07) is 0.575. The Morgan fingerprint density at radius 2 is 2.12 bits per heavy atom. The molecule has 2 aliphatic heterocycles. The predicted molar refractivity (Wildman–Crippen MR) is 113 cm³/mol. The summed E-state index contributed by atoms with van der Waals surface area (Å²) in [7, 11) is 0. The van der Waals surface area contributed by atoms with E-state index in [4.69, 9.17) is 9.73 Å². The molecule has 0 amide bonds. The van der Waals surface area contributed by atoms with Gasteiger partial charge in [-0.3, -0.25) is 4.99 Å². The highest BCUT2D eigenvalue weighted by atomic mass is 127. The average Bonchev–Trinajstić information content (AvgIpc) is 3.09. The van der Waals surface area contributed by atoms with E-state index < -0.39 is 0 Å². The van der Waals surface area contributed by atoms with Crippen molar-refractivity contribution >= 4 is 41.7 Å². The highest BCUT2D eigenvalue weighted by molar-refractivity contribution is 14.0. The third-order valence-electron chi connectivity index (χ3n) is 6.54. The number of guanidine groups is 1. The third kappa shape index (κ3) is 3.20. The molecule has 138 valence electrons. The Balaban J connectivity index is 0.00000169. The molecule has 4 unspecified atom stereocenters. The number of hydrogen-bond donors (Lipinski definition) is 2. The first-order valence-corrected chi connectivity index (χ1v) is 10.5. The molecule has 4 aliphatic rings. The summed E-state index contributed by atoms with van der Waals surface area (Å²) in [5.41, 5.74) is 0.420. The quantitative estimate of drug-likeness (QED) is 0.380. The lowest BCUT2D eigenvalue weighted by atomic mass is 9.46. The van der Waals surface area contributed by atoms with Crippen molar-refractivity contribution in [1.82, 2.24) is 10.6 Å². The van der Waals surface area contributed by atoms with Gasteiger partial charge in [0.05, 0.1) is 12.6 Å². The monoisotopic (exact) mass is 465 g/mol. The fourth-order valence-electron chi connectivity index (χ4n) is 5.13. The molecule has 0 aromatic heterocycles. The van der Waals surface area contributed by atoms with Crippen LogP contribution in [0.3, 0.4) is 0 Å². The second kappa shape index (κ2) is 7.51. The lowest BCUT2D eigenvalue weighted by Crippen LogP contribution is -2.72. The maximum atomic E-state index is 6.04. The van der Waals surface area contributed by atoms with Gasteiger partial charge in [0.15, 0.2) is 5.96 Å². The minimum atomic E-state index is 0. The molecule has 0 aromatic rings. The minimum absolute atomic E-state index is 0. The van der Waals surface area contributed by atoms with Crippen molar-refractivity contribution in [2.45, 2.75) is 69.3 Å². The van der Waals surface area contributed by atoms with Crippen molar-refractivity contribution in [2.75, 3.05) is 25.4 Å². The van der Waals surface area contributed by atoms with E-state index in [0.717, 1.165) is 25.7 Å². The summed E-state index contributed by atoms with van der Waals surface area (Å²) >= 11 is 2.09. The highest BCUT2D eigenvalue weighted by Gasteiger charge is 2.66. The van der Waals surface area contributed by atoms with Crippen LogP contribution in [0, 0.1) is 11.3 Å². The number of nitrogens with zero attached hydrogens (tertiary/aromatic N) is 1. The van der Waals surface area contributed by atoms with Crippen molar-refractivity contribution in [3.05, 3.63) is 0 Å². The molecule has 2 N–H and O–H groups in total. The van der Waals surface area contributed by atoms with Crippen molar-refractivity contribution in [3.8, 4) is 0 Å². The largest absolute Gasteiger partial charge is 0.377 e. The van der Waals surface area contributed by atoms with Crippen molar-refractivity contribution in [2.24, 2.45) is 16.3 Å². The van der Waals surface area contributed by atoms with Crippen LogP contribution in [0.4, 0.5) is 0 Å². The van der Waals surface area contributed by atoms with Gasteiger partial charge in [-0.05, 0) is 51.7 Å². The Hall–Kier alpha value is 0.310. The summed E-state index contributed by atoms with van der Waals surface area (Å²) in [6.07, 6.45) is 8.42. The van der Waals surface area contributed by atoms with E-state index in [0.29, 0.717) is 28.2 Å². The van der Waals surface area contributed by atoms with Gasteiger partial charge in [0.1, 0.15) is 0 Å². The molecule has 0 radical (unpaired) electrons. The number of nitrogens with one attached hydrogen (secondary N) is 2. The van der Waals surface area contributed by atoms with Crippen LogP contribution in [0.25, 0.3) is 0 Å². The van der Waals surface area contributed by atoms with Crippen molar-refractivity contribution < 1.29 is 4.74 Å². The number of fused-ring (bicyclic) bond motifs is 2. The van der Waals surface area contributed by atoms with E-state index in [-0.39, 0.29) is 24.0 Å². The standard InChI is InChI=1S/C18H31N3OS.HI/c1-3-19-16(20-12-17(2)7-5-11-23-17)21-14-13-6-10-22-15(13)18(14)8-4-9-18;/h13-15H,3-12H2,1-2H3,(H2,19,20,21);1H. The Bertz CT molecular complexity index is 477. The molecule has 0 aromatic carbocycles. The average molecular weight is 465 g/mol. The van der Waals surface area contributed by atoms with Crippen LogP contribution < -0.4 is 10.6 Å². The number of hydrogen-bond acceptors (Lipinski definition) is 3. The molecular weight excluding hydrogens is 433 g/mol. The van der Waals surface area contributed by atoms with E-state index in [1.165, 1.54) is 44.3 Å². The zero-order valence-electron chi connectivity index (χ0n) is 15.0. The SMILES string of the molecule is CCNC(=NCC1(C)CCCS1)NC1C2CCOC2C12CCC2.I. The summed E-state index contributed by atoms with van der Waals surface area (Å²) in [6.45, 7) is 7.34. The van der Waals surface area contributed by atoms with Gasteiger partial charge in [0, 0.05) is 35.3 Å². The van der Waals surface area contributed by atoms with Gasteiger partial charge in [-0.2, -0.15) is 11.8 Å². The second-order valence-electron chi connectivity index (χ2n) is 8.05. The first kappa shape index (κ1) is 19.1. The maximum Gasteiger partial charge on any atom is 0.191 e. The van der Waals surface area contributed by atoms with Crippen LogP contribution >= 0.6 is 35.7 Å². The topological polar surface area (TPSA) is 45.7 Å². The van der Waals surface area contributed by atoms with Crippen LogP contribution in [0.5, 0.6) is 0 Å². The number of rotatable bonds is 4. The zero-order chi connectivity index (χ0) is 15.9. The molecule has 24 heavy (non-hydrogen) atoms. The molecule has 2 saturated heterocycles. The van der Waals surface area contributed by atoms with Gasteiger partial charge in [0.2, 0.25) is 0 Å². The molecule has 2 saturated carbocycles. The summed E-state index contributed by atoms with van der Waals surface area (Å²) < 4.78 is 6.38. The molecule has 1 spiro atoms. The molecule has 4 atom stereocenters. The lowest BCUT2D eigenvalue weighted by molar-refractivity contribution is -0.171. The summed E-state index contributed by atoms with van der Waals surface area (Å²) in [5, 5.41) is 7.29. The first-order chi connectivity index (χ1) is 11.2. The number of aliphatic imine (C=N–C) groups is 1. The predicted octanol–water partition coefficient (Wildman–Crippen LogP) is 3.40. The van der Waals surface area contributed by atoms with E-state index >= 15 is 0 Å². The maximum absolute atomic E-state index is 6.04. The van der Waals surface area contributed by atoms with Gasteiger partial charge in [-0.15, -0.1) is 24.0 Å². The van der Waals surface area contributed by atoms with E-state index in [9.17, 15) is 0 Å². The van der Waals surface area contributed by atoms with Gasteiger partial charge in [-0.1, -0.05) is 6.42 Å². The molecule has 4 rings (SSSR count). The Morgan fingerprint density at radius 1 is 1.29 bits per heavy atom. The van der Waals surface area contributed by atoms with E-state index in [1.54, 1.807) is 0 Å². The van der Waals surface area contributed by atoms with Crippen LogP contribution in [0.1, 0.15) is 52.4 Å². The Labute approximate surface area is 167 Å². The third-order valence-corrected chi connectivity index (χ3v) is 8.07. The van der Waals surface area contributed by atoms with Gasteiger partial charge in [0.25, 0.3) is 0 Å². The number of halogens is 1. The first-order valence-electron chi connectivity index (χ1n) is 9.47. The Morgan fingerprint density at radius 3 is 2.75 bits per heavy atom. The van der Waals surface area contributed by atoms with Crippen LogP contribution in [0.15, 0.2) is 4.99 Å². The molecular formula is C18H32IN3OS. The highest BCUT2D eigenvalue weighted by Crippen LogP contribution is 2.62. The molecule has 4 nitrogen and oxygen atoms in total. The summed E-state index contributed by atoms with van der Waals surface area (Å²) in [4.78, 5) is 4.96. The lowest BCUT2D eigenvalue weighted by Gasteiger charge is -2.63. The van der Waals surface area contributed by atoms with E-state index in [1.807, 2.05) is 0 Å². The number of ether oxygens (including phenoxy) is 1. The fraction of sp³-hybridized carbons (Fsp3) is 0.944. The second-order valence-corrected chi connectivity index (χ2v) is 9.73. The molecule has 2 aliphatic carbocycles. The number of thioether (sulfide) groups is 1. The van der Waals surface area contributed by atoms with Crippen LogP contribution in [-0.4, -0.2) is 48.3 Å². The summed E-state index contributed by atoms with van der Waals surface area (Å²) in [5.74, 6) is 3.03. The normalized spacial score (nSPS) is 39.6. The fourth-order valence-corrected chi connectivity index (χ4v) is 6.36. The molecule has 0 bridgehead atoms. The molecule has 4 fully saturated rings. The zero-order valence-corrected chi connectivity index (χ0v) is 18.1. The van der Waals surface area contributed by atoms with Gasteiger partial charge in [-0.25, -0.2) is 0 Å². The van der Waals surface area contributed by atoms with E-state index in [2.05, 4.69) is 36.2 Å². The van der Waals surface area contributed by atoms with Crippen LogP contribution in [-0.2, 0) is 4.74 Å². The smallest absolute Gasteiger partial charge is 0.191 e. The molecule has 2 heterocycles. The van der Waals surface area contributed by atoms with Crippen molar-refractivity contribution in [3.63, 3.8) is 0 Å². The van der Waals surface area contributed by atoms with Crippen LogP contribution in [0.2, 0.25) is 0 Å². The van der Waals surface area contributed by atoms with Crippen molar-refractivity contribution in [1.29, 1.82) is 0 Å². The Kier molecular flexibility index (Phi) is 5.97. The molecule has 6 heteroatoms. The van der Waals surface area contributed by atoms with Gasteiger partial charge >= 0.3 is 0 Å².